The highest BCUT2D eigenvalue weighted by molar-refractivity contribution is 14.0. The Morgan fingerprint density at radius 2 is 2.20 bits per heavy atom. The van der Waals surface area contributed by atoms with Gasteiger partial charge in [-0.25, -0.2) is 0 Å². The van der Waals surface area contributed by atoms with Crippen LogP contribution >= 0.6 is 24.0 Å². The Hall–Kier alpha value is -0.870. The number of guanidine groups is 1. The van der Waals surface area contributed by atoms with E-state index in [0.29, 0.717) is 5.92 Å². The lowest BCUT2D eigenvalue weighted by Gasteiger charge is -2.16. The minimum atomic E-state index is 0. The number of halogens is 1. The second-order valence-corrected chi connectivity index (χ2v) is 6.23. The van der Waals surface area contributed by atoms with Crippen LogP contribution in [0.5, 0.6) is 0 Å². The Bertz CT molecular complexity index is 510. The van der Waals surface area contributed by atoms with Gasteiger partial charge in [-0.3, -0.25) is 4.99 Å². The van der Waals surface area contributed by atoms with Crippen molar-refractivity contribution in [2.75, 3.05) is 40.0 Å². The van der Waals surface area contributed by atoms with Gasteiger partial charge in [0.25, 0.3) is 0 Å². The highest BCUT2D eigenvalue weighted by Crippen LogP contribution is 2.22. The maximum atomic E-state index is 5.75. The fourth-order valence-corrected chi connectivity index (χ4v) is 2.94. The van der Waals surface area contributed by atoms with Crippen molar-refractivity contribution < 1.29 is 14.0 Å². The van der Waals surface area contributed by atoms with Crippen LogP contribution in [0.25, 0.3) is 0 Å². The zero-order valence-corrected chi connectivity index (χ0v) is 18.0. The van der Waals surface area contributed by atoms with Gasteiger partial charge in [0.15, 0.2) is 5.96 Å². The molecular weight excluding hydrogens is 435 g/mol. The molecular formula is C17H31IN4O3. The quantitative estimate of drug-likeness (QED) is 0.265. The van der Waals surface area contributed by atoms with Crippen LogP contribution in [-0.4, -0.2) is 57.2 Å². The second kappa shape index (κ2) is 11.7. The molecule has 7 nitrogen and oxygen atoms in total. The number of aromatic nitrogens is 1. The summed E-state index contributed by atoms with van der Waals surface area (Å²) < 4.78 is 16.3. The van der Waals surface area contributed by atoms with Crippen LogP contribution in [0.1, 0.15) is 42.7 Å². The molecule has 25 heavy (non-hydrogen) atoms. The predicted molar refractivity (Wildman–Crippen MR) is 109 cm³/mol. The lowest BCUT2D eigenvalue weighted by Crippen LogP contribution is -2.39. The summed E-state index contributed by atoms with van der Waals surface area (Å²) in [5.74, 6) is 2.00. The van der Waals surface area contributed by atoms with E-state index in [4.69, 9.17) is 14.0 Å². The molecule has 2 unspecified atom stereocenters. The molecule has 1 aliphatic heterocycles. The van der Waals surface area contributed by atoms with E-state index >= 15 is 0 Å². The molecule has 2 rings (SSSR count). The van der Waals surface area contributed by atoms with Gasteiger partial charge in [-0.05, 0) is 26.7 Å². The van der Waals surface area contributed by atoms with Crippen LogP contribution in [0.4, 0.5) is 0 Å². The van der Waals surface area contributed by atoms with Crippen molar-refractivity contribution in [3.63, 3.8) is 0 Å². The van der Waals surface area contributed by atoms with Crippen LogP contribution in [0.2, 0.25) is 0 Å². The predicted octanol–water partition coefficient (Wildman–Crippen LogP) is 2.37. The lowest BCUT2D eigenvalue weighted by molar-refractivity contribution is 0.0420. The van der Waals surface area contributed by atoms with Crippen LogP contribution in [0, 0.1) is 13.8 Å². The van der Waals surface area contributed by atoms with E-state index in [1.54, 1.807) is 7.05 Å². The van der Waals surface area contributed by atoms with Crippen LogP contribution < -0.4 is 10.6 Å². The molecule has 1 fully saturated rings. The van der Waals surface area contributed by atoms with Gasteiger partial charge in [-0.2, -0.15) is 0 Å². The molecule has 1 aromatic rings. The number of nitrogens with zero attached hydrogens (tertiary/aromatic N) is 2. The van der Waals surface area contributed by atoms with Gasteiger partial charge >= 0.3 is 0 Å². The van der Waals surface area contributed by atoms with E-state index in [2.05, 4.69) is 27.7 Å². The maximum absolute atomic E-state index is 5.75. The van der Waals surface area contributed by atoms with Crippen molar-refractivity contribution in [1.82, 2.24) is 15.8 Å². The summed E-state index contributed by atoms with van der Waals surface area (Å²) in [6, 6.07) is 0. The molecule has 0 saturated carbocycles. The van der Waals surface area contributed by atoms with Gasteiger partial charge < -0.3 is 24.6 Å². The van der Waals surface area contributed by atoms with E-state index in [1.807, 2.05) is 13.8 Å². The summed E-state index contributed by atoms with van der Waals surface area (Å²) >= 11 is 0. The largest absolute Gasteiger partial charge is 0.379 e. The molecule has 0 bridgehead atoms. The Labute approximate surface area is 167 Å². The summed E-state index contributed by atoms with van der Waals surface area (Å²) in [7, 11) is 1.78. The molecule has 0 radical (unpaired) electrons. The molecule has 144 valence electrons. The first kappa shape index (κ1) is 22.2. The molecule has 1 aliphatic rings. The SMILES string of the molecule is CN=C(NCCCOC1CCOC1)NCC(C)c1c(C)noc1C.I. The Kier molecular flexibility index (Phi) is 10.4. The number of ether oxygens (including phenoxy) is 2. The summed E-state index contributed by atoms with van der Waals surface area (Å²) in [5.41, 5.74) is 2.13. The van der Waals surface area contributed by atoms with Crippen LogP contribution in [0.3, 0.4) is 0 Å². The van der Waals surface area contributed by atoms with Crippen molar-refractivity contribution in [1.29, 1.82) is 0 Å². The molecule has 2 atom stereocenters. The Morgan fingerprint density at radius 3 is 2.80 bits per heavy atom. The van der Waals surface area contributed by atoms with Crippen LogP contribution in [-0.2, 0) is 9.47 Å². The number of nitrogens with one attached hydrogen (secondary N) is 2. The topological polar surface area (TPSA) is 80.9 Å². The summed E-state index contributed by atoms with van der Waals surface area (Å²) in [4.78, 5) is 4.26. The van der Waals surface area contributed by atoms with Gasteiger partial charge in [0.05, 0.1) is 18.4 Å². The zero-order chi connectivity index (χ0) is 17.4. The zero-order valence-electron chi connectivity index (χ0n) is 15.6. The normalized spacial score (nSPS) is 18.7. The molecule has 0 amide bonds. The third-order valence-electron chi connectivity index (χ3n) is 4.24. The third-order valence-corrected chi connectivity index (χ3v) is 4.24. The highest BCUT2D eigenvalue weighted by Gasteiger charge is 2.17. The van der Waals surface area contributed by atoms with E-state index in [1.165, 1.54) is 5.56 Å². The molecule has 1 aromatic heterocycles. The first-order valence-corrected chi connectivity index (χ1v) is 8.68. The van der Waals surface area contributed by atoms with Gasteiger partial charge in [-0.1, -0.05) is 12.1 Å². The van der Waals surface area contributed by atoms with Gasteiger partial charge in [0.1, 0.15) is 5.76 Å². The van der Waals surface area contributed by atoms with Gasteiger partial charge in [0.2, 0.25) is 0 Å². The highest BCUT2D eigenvalue weighted by atomic mass is 127. The average molecular weight is 466 g/mol. The first-order chi connectivity index (χ1) is 11.6. The Balaban J connectivity index is 0.00000312. The van der Waals surface area contributed by atoms with Crippen LogP contribution in [0.15, 0.2) is 9.52 Å². The molecule has 0 aliphatic carbocycles. The molecule has 0 spiro atoms. The maximum Gasteiger partial charge on any atom is 0.190 e. The standard InChI is InChI=1S/C17H30N4O3.HI/c1-12(16-13(2)21-24-14(16)3)10-20-17(18-4)19-7-5-8-23-15-6-9-22-11-15;/h12,15H,5-11H2,1-4H3,(H2,18,19,20);1H. The van der Waals surface area contributed by atoms with Crippen molar-refractivity contribution in [2.45, 2.75) is 45.6 Å². The second-order valence-electron chi connectivity index (χ2n) is 6.23. The van der Waals surface area contributed by atoms with E-state index < -0.39 is 0 Å². The van der Waals surface area contributed by atoms with Gasteiger partial charge in [-0.15, -0.1) is 24.0 Å². The summed E-state index contributed by atoms with van der Waals surface area (Å²) in [5, 5.41) is 10.7. The van der Waals surface area contributed by atoms with Crippen molar-refractivity contribution in [2.24, 2.45) is 4.99 Å². The van der Waals surface area contributed by atoms with E-state index in [-0.39, 0.29) is 30.1 Å². The minimum absolute atomic E-state index is 0. The molecule has 1 saturated heterocycles. The van der Waals surface area contributed by atoms with Crippen molar-refractivity contribution >= 4 is 29.9 Å². The fraction of sp³-hybridized carbons (Fsp3) is 0.765. The molecule has 2 N–H and O–H groups in total. The average Bonchev–Trinajstić information content (AvgIpc) is 3.19. The van der Waals surface area contributed by atoms with E-state index in [9.17, 15) is 0 Å². The first-order valence-electron chi connectivity index (χ1n) is 8.68. The molecule has 8 heteroatoms. The smallest absolute Gasteiger partial charge is 0.190 e. The molecule has 2 heterocycles. The number of aliphatic imine (C=N–C) groups is 1. The molecule has 0 aromatic carbocycles. The number of aryl methyl sites for hydroxylation is 2. The number of hydrogen-bond donors (Lipinski definition) is 2. The lowest BCUT2D eigenvalue weighted by atomic mass is 10.00. The minimum Gasteiger partial charge on any atom is -0.379 e. The summed E-state index contributed by atoms with van der Waals surface area (Å²) in [6.45, 7) is 9.99. The van der Waals surface area contributed by atoms with Crippen molar-refractivity contribution in [3.05, 3.63) is 17.0 Å². The third kappa shape index (κ3) is 7.10. The van der Waals surface area contributed by atoms with E-state index in [0.717, 1.165) is 63.2 Å². The summed E-state index contributed by atoms with van der Waals surface area (Å²) in [6.07, 6.45) is 2.23. The number of hydrogen-bond acceptors (Lipinski definition) is 5. The fourth-order valence-electron chi connectivity index (χ4n) is 2.94. The number of rotatable bonds is 8. The Morgan fingerprint density at radius 1 is 1.40 bits per heavy atom. The van der Waals surface area contributed by atoms with Crippen molar-refractivity contribution in [3.8, 4) is 0 Å². The van der Waals surface area contributed by atoms with Gasteiger partial charge in [0, 0.05) is 44.8 Å². The monoisotopic (exact) mass is 466 g/mol.